The van der Waals surface area contributed by atoms with Crippen molar-refractivity contribution >= 4 is 34.7 Å². The van der Waals surface area contributed by atoms with Gasteiger partial charge in [0, 0.05) is 16.4 Å². The Balaban J connectivity index is 1.68. The van der Waals surface area contributed by atoms with Gasteiger partial charge in [-0.25, -0.2) is 9.97 Å². The van der Waals surface area contributed by atoms with E-state index in [2.05, 4.69) is 20.6 Å². The normalized spacial score (nSPS) is 10.3. The predicted octanol–water partition coefficient (Wildman–Crippen LogP) is 4.44. The molecule has 3 aromatic rings. The number of carbonyl (C=O) groups is 1. The quantitative estimate of drug-likeness (QED) is 0.696. The number of rotatable bonds is 5. The van der Waals surface area contributed by atoms with Gasteiger partial charge in [-0.05, 0) is 48.9 Å². The molecule has 0 aliphatic heterocycles. The van der Waals surface area contributed by atoms with Crippen LogP contribution in [0.25, 0.3) is 0 Å². The maximum absolute atomic E-state index is 12.3. The number of hydrogen-bond donors (Lipinski definition) is 2. The highest BCUT2D eigenvalue weighted by Gasteiger charge is 2.09. The molecule has 0 aliphatic carbocycles. The summed E-state index contributed by atoms with van der Waals surface area (Å²) >= 11 is 6.01. The van der Waals surface area contributed by atoms with Gasteiger partial charge in [0.1, 0.15) is 17.3 Å². The first-order chi connectivity index (χ1) is 12.5. The number of ether oxygens (including phenoxy) is 1. The summed E-state index contributed by atoms with van der Waals surface area (Å²) in [6.45, 7) is 1.96. The Kier molecular flexibility index (Phi) is 5.34. The summed E-state index contributed by atoms with van der Waals surface area (Å²) in [6.07, 6.45) is 2.92. The largest absolute Gasteiger partial charge is 0.497 e. The first-order valence-corrected chi connectivity index (χ1v) is 8.23. The molecule has 0 unspecified atom stereocenters. The summed E-state index contributed by atoms with van der Waals surface area (Å²) in [5, 5.41) is 6.52. The van der Waals surface area contributed by atoms with Crippen LogP contribution in [0.1, 0.15) is 16.1 Å². The van der Waals surface area contributed by atoms with Crippen molar-refractivity contribution < 1.29 is 9.53 Å². The van der Waals surface area contributed by atoms with Crippen LogP contribution in [0.5, 0.6) is 5.75 Å². The van der Waals surface area contributed by atoms with Gasteiger partial charge in [-0.3, -0.25) is 4.79 Å². The molecular formula is C19H17ClN4O2. The number of methoxy groups -OCH3 is 1. The summed E-state index contributed by atoms with van der Waals surface area (Å²) in [5.74, 6) is 0.902. The van der Waals surface area contributed by atoms with Gasteiger partial charge in [-0.15, -0.1) is 0 Å². The molecule has 3 rings (SSSR count). The lowest BCUT2D eigenvalue weighted by atomic mass is 10.2. The molecule has 0 fully saturated rings. The van der Waals surface area contributed by atoms with Crippen LogP contribution in [-0.2, 0) is 0 Å². The molecule has 132 valence electrons. The summed E-state index contributed by atoms with van der Waals surface area (Å²) in [6, 6.07) is 12.6. The molecule has 1 aromatic heterocycles. The Morgan fingerprint density at radius 1 is 1.08 bits per heavy atom. The lowest BCUT2D eigenvalue weighted by Crippen LogP contribution is -2.14. The van der Waals surface area contributed by atoms with Gasteiger partial charge in [-0.1, -0.05) is 17.7 Å². The molecule has 6 nitrogen and oxygen atoms in total. The number of aromatic nitrogens is 2. The Bertz CT molecular complexity index is 912. The zero-order valence-electron chi connectivity index (χ0n) is 14.3. The highest BCUT2D eigenvalue weighted by Crippen LogP contribution is 2.23. The van der Waals surface area contributed by atoms with Crippen LogP contribution < -0.4 is 15.4 Å². The number of halogens is 1. The van der Waals surface area contributed by atoms with Crippen molar-refractivity contribution in [3.8, 4) is 5.75 Å². The van der Waals surface area contributed by atoms with E-state index >= 15 is 0 Å². The van der Waals surface area contributed by atoms with Gasteiger partial charge in [-0.2, -0.15) is 0 Å². The highest BCUT2D eigenvalue weighted by atomic mass is 35.5. The molecular weight excluding hydrogens is 352 g/mol. The number of benzene rings is 2. The van der Waals surface area contributed by atoms with Crippen LogP contribution in [0, 0.1) is 6.92 Å². The average Bonchev–Trinajstić information content (AvgIpc) is 2.66. The van der Waals surface area contributed by atoms with Crippen molar-refractivity contribution in [3.05, 3.63) is 71.1 Å². The minimum Gasteiger partial charge on any atom is -0.497 e. The molecule has 2 N–H and O–H groups in total. The second-order valence-electron chi connectivity index (χ2n) is 5.55. The number of anilines is 3. The second kappa shape index (κ2) is 7.84. The fourth-order valence-electron chi connectivity index (χ4n) is 2.25. The highest BCUT2D eigenvalue weighted by molar-refractivity contribution is 6.30. The molecule has 1 heterocycles. The first kappa shape index (κ1) is 17.7. The van der Waals surface area contributed by atoms with E-state index in [9.17, 15) is 4.79 Å². The van der Waals surface area contributed by atoms with E-state index < -0.39 is 0 Å². The van der Waals surface area contributed by atoms with Gasteiger partial charge in [0.15, 0.2) is 0 Å². The van der Waals surface area contributed by atoms with Gasteiger partial charge in [0.25, 0.3) is 5.91 Å². The molecule has 0 spiro atoms. The fraction of sp³-hybridized carbons (Fsp3) is 0.105. The standard InChI is InChI=1S/C19H17ClN4O2/c1-12-3-4-13(20)9-16(12)24-18-11-21-17(10-22-18)19(25)23-14-5-7-15(26-2)8-6-14/h3-11H,1-2H3,(H,22,24)(H,23,25). The number of aryl methyl sites for hydroxylation is 1. The summed E-state index contributed by atoms with van der Waals surface area (Å²) in [7, 11) is 1.59. The molecule has 0 radical (unpaired) electrons. The molecule has 1 amide bonds. The average molecular weight is 369 g/mol. The van der Waals surface area contributed by atoms with Crippen molar-refractivity contribution in [1.29, 1.82) is 0 Å². The van der Waals surface area contributed by atoms with Gasteiger partial charge < -0.3 is 15.4 Å². The smallest absolute Gasteiger partial charge is 0.275 e. The van der Waals surface area contributed by atoms with Crippen LogP contribution in [0.15, 0.2) is 54.9 Å². The van der Waals surface area contributed by atoms with Gasteiger partial charge in [0.2, 0.25) is 0 Å². The maximum Gasteiger partial charge on any atom is 0.275 e. The number of nitrogens with zero attached hydrogens (tertiary/aromatic N) is 2. The number of nitrogens with one attached hydrogen (secondary N) is 2. The van der Waals surface area contributed by atoms with E-state index in [0.717, 1.165) is 17.0 Å². The minimum atomic E-state index is -0.340. The maximum atomic E-state index is 12.3. The number of amides is 1. The monoisotopic (exact) mass is 368 g/mol. The zero-order valence-corrected chi connectivity index (χ0v) is 15.0. The molecule has 0 aliphatic rings. The van der Waals surface area contributed by atoms with Crippen molar-refractivity contribution in [2.24, 2.45) is 0 Å². The summed E-state index contributed by atoms with van der Waals surface area (Å²) in [5.41, 5.74) is 2.73. The van der Waals surface area contributed by atoms with Gasteiger partial charge >= 0.3 is 0 Å². The summed E-state index contributed by atoms with van der Waals surface area (Å²) < 4.78 is 5.09. The molecule has 26 heavy (non-hydrogen) atoms. The SMILES string of the molecule is COc1ccc(NC(=O)c2cnc(Nc3cc(Cl)ccc3C)cn2)cc1. The van der Waals surface area contributed by atoms with E-state index in [0.29, 0.717) is 16.5 Å². The number of carbonyl (C=O) groups excluding carboxylic acids is 1. The molecule has 0 saturated carbocycles. The molecule has 0 atom stereocenters. The third-order valence-corrected chi connectivity index (χ3v) is 3.93. The van der Waals surface area contributed by atoms with E-state index in [4.69, 9.17) is 16.3 Å². The third-order valence-electron chi connectivity index (χ3n) is 3.69. The first-order valence-electron chi connectivity index (χ1n) is 7.86. The topological polar surface area (TPSA) is 76.1 Å². The number of hydrogen-bond acceptors (Lipinski definition) is 5. The Morgan fingerprint density at radius 2 is 1.85 bits per heavy atom. The van der Waals surface area contributed by atoms with Crippen molar-refractivity contribution in [3.63, 3.8) is 0 Å². The summed E-state index contributed by atoms with van der Waals surface area (Å²) in [4.78, 5) is 20.7. The zero-order chi connectivity index (χ0) is 18.5. The van der Waals surface area contributed by atoms with E-state index in [1.54, 1.807) is 31.4 Å². The molecule has 0 saturated heterocycles. The lowest BCUT2D eigenvalue weighted by molar-refractivity contribution is 0.102. The van der Waals surface area contributed by atoms with Crippen molar-refractivity contribution in [2.45, 2.75) is 6.92 Å². The van der Waals surface area contributed by atoms with E-state index in [1.165, 1.54) is 12.4 Å². The Hall–Kier alpha value is -3.12. The second-order valence-corrected chi connectivity index (χ2v) is 5.99. The molecule has 2 aromatic carbocycles. The Morgan fingerprint density at radius 3 is 2.50 bits per heavy atom. The van der Waals surface area contributed by atoms with E-state index in [-0.39, 0.29) is 11.6 Å². The van der Waals surface area contributed by atoms with Crippen LogP contribution in [-0.4, -0.2) is 23.0 Å². The van der Waals surface area contributed by atoms with Crippen LogP contribution in [0.2, 0.25) is 5.02 Å². The predicted molar refractivity (Wildman–Crippen MR) is 102 cm³/mol. The lowest BCUT2D eigenvalue weighted by Gasteiger charge is -2.09. The Labute approximate surface area is 156 Å². The van der Waals surface area contributed by atoms with Gasteiger partial charge in [0.05, 0.1) is 19.5 Å². The third kappa shape index (κ3) is 4.29. The minimum absolute atomic E-state index is 0.217. The fourth-order valence-corrected chi connectivity index (χ4v) is 2.42. The van der Waals surface area contributed by atoms with Crippen molar-refractivity contribution in [1.82, 2.24) is 9.97 Å². The molecule has 0 bridgehead atoms. The van der Waals surface area contributed by atoms with Crippen LogP contribution in [0.3, 0.4) is 0 Å². The molecule has 7 heteroatoms. The van der Waals surface area contributed by atoms with Crippen LogP contribution >= 0.6 is 11.6 Å². The van der Waals surface area contributed by atoms with Crippen molar-refractivity contribution in [2.75, 3.05) is 17.7 Å². The van der Waals surface area contributed by atoms with E-state index in [1.807, 2.05) is 25.1 Å². The van der Waals surface area contributed by atoms with Crippen LogP contribution in [0.4, 0.5) is 17.2 Å².